The number of Topliss-reactive ketones (excluding diaryl/α,β-unsaturated/α-hetero) is 1. The van der Waals surface area contributed by atoms with E-state index in [0.29, 0.717) is 48.4 Å². The number of allylic oxidation sites excluding steroid dienone is 2. The number of aromatic hydroxyl groups is 1. The zero-order valence-electron chi connectivity index (χ0n) is 17.7. The van der Waals surface area contributed by atoms with Gasteiger partial charge in [-0.1, -0.05) is 19.9 Å². The van der Waals surface area contributed by atoms with Crippen LogP contribution in [0.4, 0.5) is 0 Å². The molecule has 2 heterocycles. The van der Waals surface area contributed by atoms with Gasteiger partial charge in [-0.15, -0.1) is 0 Å². The molecule has 0 spiro atoms. The topological polar surface area (TPSA) is 124 Å². The van der Waals surface area contributed by atoms with E-state index in [0.717, 1.165) is 5.70 Å². The van der Waals surface area contributed by atoms with Gasteiger partial charge >= 0.3 is 5.97 Å². The molecule has 1 unspecified atom stereocenters. The average Bonchev–Trinajstić information content (AvgIpc) is 2.67. The third-order valence-corrected chi connectivity index (χ3v) is 5.23. The van der Waals surface area contributed by atoms with Crippen molar-refractivity contribution in [1.29, 1.82) is 0 Å². The lowest BCUT2D eigenvalue weighted by molar-refractivity contribution is -0.139. The quantitative estimate of drug-likeness (QED) is 0.456. The number of ether oxygens (including phenoxy) is 2. The van der Waals surface area contributed by atoms with Gasteiger partial charge in [0.25, 0.3) is 0 Å². The van der Waals surface area contributed by atoms with E-state index in [1.165, 1.54) is 12.3 Å². The fraction of sp³-hybridized carbons (Fsp3) is 0.500. The summed E-state index contributed by atoms with van der Waals surface area (Å²) < 4.78 is 11.0. The largest absolute Gasteiger partial charge is 0.493 e. The molecule has 0 radical (unpaired) electrons. The summed E-state index contributed by atoms with van der Waals surface area (Å²) in [5.74, 6) is -1.31. The highest BCUT2D eigenvalue weighted by molar-refractivity contribution is 6.04. The lowest BCUT2D eigenvalue weighted by Crippen LogP contribution is -2.40. The van der Waals surface area contributed by atoms with Crippen molar-refractivity contribution in [1.82, 2.24) is 10.3 Å². The van der Waals surface area contributed by atoms with E-state index in [2.05, 4.69) is 10.3 Å². The number of nitrogens with zero attached hydrogens (tertiary/aromatic N) is 1. The van der Waals surface area contributed by atoms with E-state index in [-0.39, 0.29) is 30.3 Å². The highest BCUT2D eigenvalue weighted by Gasteiger charge is 2.43. The highest BCUT2D eigenvalue weighted by Crippen LogP contribution is 2.46. The van der Waals surface area contributed by atoms with Crippen LogP contribution in [0.1, 0.15) is 45.1 Å². The van der Waals surface area contributed by atoms with E-state index < -0.39 is 11.9 Å². The van der Waals surface area contributed by atoms with Crippen molar-refractivity contribution in [2.24, 2.45) is 11.1 Å². The maximum absolute atomic E-state index is 13.2. The second-order valence-corrected chi connectivity index (χ2v) is 8.29. The first-order valence-electron chi connectivity index (χ1n) is 10.1. The van der Waals surface area contributed by atoms with Gasteiger partial charge in [0, 0.05) is 42.4 Å². The Kier molecular flexibility index (Phi) is 6.58. The summed E-state index contributed by atoms with van der Waals surface area (Å²) in [6.45, 7) is 6.85. The maximum Gasteiger partial charge on any atom is 0.336 e. The molecule has 0 aromatic carbocycles. The van der Waals surface area contributed by atoms with Crippen molar-refractivity contribution in [3.63, 3.8) is 0 Å². The lowest BCUT2D eigenvalue weighted by Gasteiger charge is -2.39. The van der Waals surface area contributed by atoms with E-state index >= 15 is 0 Å². The van der Waals surface area contributed by atoms with Crippen LogP contribution < -0.4 is 11.1 Å². The molecule has 0 fully saturated rings. The Hall–Kier alpha value is -2.71. The molecule has 8 heteroatoms. The first kappa shape index (κ1) is 22.0. The molecule has 0 saturated heterocycles. The monoisotopic (exact) mass is 415 g/mol. The number of carbonyl (C=O) groups excluding carboxylic acids is 2. The minimum Gasteiger partial charge on any atom is -0.493 e. The minimum atomic E-state index is -0.645. The second-order valence-electron chi connectivity index (χ2n) is 8.29. The summed E-state index contributed by atoms with van der Waals surface area (Å²) in [7, 11) is 0. The molecule has 4 N–H and O–H groups in total. The number of esters is 1. The third kappa shape index (κ3) is 4.55. The first-order valence-corrected chi connectivity index (χ1v) is 10.1. The summed E-state index contributed by atoms with van der Waals surface area (Å²) in [4.78, 5) is 30.2. The summed E-state index contributed by atoms with van der Waals surface area (Å²) in [5, 5.41) is 12.9. The Morgan fingerprint density at radius 3 is 2.77 bits per heavy atom. The highest BCUT2D eigenvalue weighted by atomic mass is 16.5. The molecule has 2 aliphatic rings. The zero-order valence-corrected chi connectivity index (χ0v) is 17.7. The van der Waals surface area contributed by atoms with Crippen LogP contribution in [0.15, 0.2) is 40.9 Å². The second kappa shape index (κ2) is 8.97. The predicted octanol–water partition coefficient (Wildman–Crippen LogP) is 1.91. The summed E-state index contributed by atoms with van der Waals surface area (Å²) in [5.41, 5.74) is 8.19. The van der Waals surface area contributed by atoms with E-state index in [1.54, 1.807) is 13.0 Å². The van der Waals surface area contributed by atoms with Gasteiger partial charge in [-0.25, -0.2) is 9.78 Å². The Labute approximate surface area is 176 Å². The van der Waals surface area contributed by atoms with Crippen LogP contribution >= 0.6 is 0 Å². The molecule has 0 amide bonds. The summed E-state index contributed by atoms with van der Waals surface area (Å²) >= 11 is 0. The third-order valence-electron chi connectivity index (χ3n) is 5.23. The van der Waals surface area contributed by atoms with Gasteiger partial charge in [-0.2, -0.15) is 0 Å². The van der Waals surface area contributed by atoms with Crippen LogP contribution in [0, 0.1) is 5.41 Å². The molecule has 1 aliphatic carbocycles. The van der Waals surface area contributed by atoms with Gasteiger partial charge < -0.3 is 25.6 Å². The van der Waals surface area contributed by atoms with E-state index in [1.807, 2.05) is 13.8 Å². The number of dihydropyridines is 1. The molecule has 1 atom stereocenters. The number of nitrogens with two attached hydrogens (primary N) is 1. The van der Waals surface area contributed by atoms with E-state index in [9.17, 15) is 14.7 Å². The van der Waals surface area contributed by atoms with Crippen LogP contribution in [0.25, 0.3) is 0 Å². The maximum atomic E-state index is 13.2. The number of hydrogen-bond donors (Lipinski definition) is 3. The van der Waals surface area contributed by atoms with Crippen LogP contribution in [0.5, 0.6) is 5.88 Å². The fourth-order valence-electron chi connectivity index (χ4n) is 4.07. The normalized spacial score (nSPS) is 20.7. The SMILES string of the molecule is CCOC(=O)C1=C(COCCN)NC2=C(C(=O)CC(C)(C)C2)C1c1ccc(O)nc1. The molecule has 0 bridgehead atoms. The van der Waals surface area contributed by atoms with Crippen LogP contribution in [-0.2, 0) is 19.1 Å². The number of nitrogens with one attached hydrogen (secondary N) is 1. The summed E-state index contributed by atoms with van der Waals surface area (Å²) in [6.07, 6.45) is 2.53. The fourth-order valence-corrected chi connectivity index (χ4v) is 4.07. The van der Waals surface area contributed by atoms with Gasteiger partial charge in [0.15, 0.2) is 5.78 Å². The number of ketones is 1. The van der Waals surface area contributed by atoms with Crippen molar-refractivity contribution in [2.45, 2.75) is 39.5 Å². The smallest absolute Gasteiger partial charge is 0.336 e. The Balaban J connectivity index is 2.16. The first-order chi connectivity index (χ1) is 14.3. The Bertz CT molecular complexity index is 887. The van der Waals surface area contributed by atoms with Crippen LogP contribution in [0.2, 0.25) is 0 Å². The number of carbonyl (C=O) groups is 2. The van der Waals surface area contributed by atoms with Gasteiger partial charge in [-0.3, -0.25) is 4.79 Å². The Morgan fingerprint density at radius 1 is 1.37 bits per heavy atom. The van der Waals surface area contributed by atoms with Gasteiger partial charge in [0.05, 0.1) is 31.1 Å². The standard InChI is InChI=1S/C22H29N3O5/c1-4-30-21(28)20-15(12-29-8-7-23)25-14-9-22(2,3)10-16(26)19(14)18(20)13-5-6-17(27)24-11-13/h5-6,11,18,25H,4,7-10,12,23H2,1-3H3,(H,24,27). The van der Waals surface area contributed by atoms with Crippen molar-refractivity contribution in [2.75, 3.05) is 26.4 Å². The molecule has 1 aromatic rings. The number of hydrogen-bond acceptors (Lipinski definition) is 8. The molecule has 8 nitrogen and oxygen atoms in total. The molecule has 3 rings (SSSR count). The predicted molar refractivity (Wildman–Crippen MR) is 110 cm³/mol. The molecule has 0 saturated carbocycles. The average molecular weight is 415 g/mol. The van der Waals surface area contributed by atoms with E-state index in [4.69, 9.17) is 15.2 Å². The number of rotatable bonds is 7. The van der Waals surface area contributed by atoms with Crippen molar-refractivity contribution in [3.8, 4) is 5.88 Å². The van der Waals surface area contributed by atoms with Crippen LogP contribution in [0.3, 0.4) is 0 Å². The molecular formula is C22H29N3O5. The van der Waals surface area contributed by atoms with Crippen molar-refractivity contribution in [3.05, 3.63) is 46.4 Å². The molecule has 162 valence electrons. The number of pyridine rings is 1. The zero-order chi connectivity index (χ0) is 21.9. The van der Waals surface area contributed by atoms with Gasteiger partial charge in [0.2, 0.25) is 5.88 Å². The Morgan fingerprint density at radius 2 is 2.13 bits per heavy atom. The molecular weight excluding hydrogens is 386 g/mol. The van der Waals surface area contributed by atoms with Gasteiger partial charge in [0.1, 0.15) is 0 Å². The molecule has 30 heavy (non-hydrogen) atoms. The van der Waals surface area contributed by atoms with Crippen molar-refractivity contribution >= 4 is 11.8 Å². The minimum absolute atomic E-state index is 0.0180. The molecule has 1 aliphatic heterocycles. The molecule has 1 aromatic heterocycles. The van der Waals surface area contributed by atoms with Crippen molar-refractivity contribution < 1.29 is 24.2 Å². The number of aromatic nitrogens is 1. The van der Waals surface area contributed by atoms with Gasteiger partial charge in [-0.05, 0) is 24.3 Å². The van der Waals surface area contributed by atoms with Crippen LogP contribution in [-0.4, -0.2) is 48.2 Å². The lowest BCUT2D eigenvalue weighted by atomic mass is 9.69. The summed E-state index contributed by atoms with van der Waals surface area (Å²) in [6, 6.07) is 3.12.